The van der Waals surface area contributed by atoms with Gasteiger partial charge in [0.15, 0.2) is 5.78 Å². The van der Waals surface area contributed by atoms with Gasteiger partial charge in [-0.2, -0.15) is 0 Å². The van der Waals surface area contributed by atoms with Crippen LogP contribution < -0.4 is 0 Å². The third-order valence-electron chi connectivity index (χ3n) is 0.518. The highest BCUT2D eigenvalue weighted by Gasteiger charge is 2.11. The highest BCUT2D eigenvalue weighted by Crippen LogP contribution is 1.99. The molecule has 0 aromatic rings. The van der Waals surface area contributed by atoms with E-state index in [2.05, 4.69) is 0 Å². The first kappa shape index (κ1) is 8.80. The van der Waals surface area contributed by atoms with Crippen LogP contribution in [-0.4, -0.2) is 20.4 Å². The molecular formula is C4H3I2O2. The van der Waals surface area contributed by atoms with Crippen LogP contribution in [0, 0.1) is 0 Å². The van der Waals surface area contributed by atoms with Gasteiger partial charge in [-0.1, -0.05) is 45.2 Å². The Morgan fingerprint density at radius 3 is 2.38 bits per heavy atom. The van der Waals surface area contributed by atoms with Gasteiger partial charge >= 0.3 is 0 Å². The second kappa shape index (κ2) is 4.66. The molecule has 0 heterocycles. The number of hydrogen-bond acceptors (Lipinski definition) is 2. The van der Waals surface area contributed by atoms with Gasteiger partial charge in [-0.15, -0.1) is 0 Å². The molecule has 1 radical (unpaired) electrons. The average molecular weight is 337 g/mol. The van der Waals surface area contributed by atoms with E-state index in [1.165, 1.54) is 0 Å². The van der Waals surface area contributed by atoms with Crippen LogP contribution in [0.2, 0.25) is 0 Å². The minimum absolute atomic E-state index is 0.0683. The smallest absolute Gasteiger partial charge is 0.220 e. The van der Waals surface area contributed by atoms with Crippen LogP contribution in [0.1, 0.15) is 0 Å². The fourth-order valence-electron chi connectivity index (χ4n) is 0.133. The Morgan fingerprint density at radius 1 is 1.75 bits per heavy atom. The Morgan fingerprint density at radius 2 is 2.25 bits per heavy atom. The van der Waals surface area contributed by atoms with Gasteiger partial charge in [0.2, 0.25) is 6.29 Å². The van der Waals surface area contributed by atoms with E-state index in [0.717, 1.165) is 0 Å². The van der Waals surface area contributed by atoms with Crippen molar-refractivity contribution < 1.29 is 9.59 Å². The van der Waals surface area contributed by atoms with Gasteiger partial charge < -0.3 is 0 Å². The molecule has 45 valence electrons. The minimum atomic E-state index is -0.565. The van der Waals surface area contributed by atoms with Gasteiger partial charge in [0.05, 0.1) is 4.43 Å². The van der Waals surface area contributed by atoms with Gasteiger partial charge in [0.1, 0.15) is 3.92 Å². The summed E-state index contributed by atoms with van der Waals surface area (Å²) in [6, 6.07) is 0. The summed E-state index contributed by atoms with van der Waals surface area (Å²) in [5, 5.41) is 0. The third kappa shape index (κ3) is 2.95. The first-order chi connectivity index (χ1) is 3.72. The Kier molecular flexibility index (Phi) is 5.12. The summed E-state index contributed by atoms with van der Waals surface area (Å²) < 4.78 is -0.176. The molecule has 0 aromatic heterocycles. The van der Waals surface area contributed by atoms with Crippen molar-refractivity contribution in [1.82, 2.24) is 0 Å². The monoisotopic (exact) mass is 337 g/mol. The number of Topliss-reactive ketones (excluding diaryl/α,β-unsaturated/α-hetero) is 1. The third-order valence-corrected chi connectivity index (χ3v) is 2.22. The summed E-state index contributed by atoms with van der Waals surface area (Å²) in [5.41, 5.74) is 0. The molecule has 0 aliphatic carbocycles. The largest absolute Gasteiger partial charge is 0.297 e. The predicted molar refractivity (Wildman–Crippen MR) is 47.4 cm³/mol. The van der Waals surface area contributed by atoms with Crippen LogP contribution in [-0.2, 0) is 9.59 Å². The summed E-state index contributed by atoms with van der Waals surface area (Å²) in [4.78, 5) is 20.2. The zero-order valence-corrected chi connectivity index (χ0v) is 8.17. The maximum atomic E-state index is 10.5. The fourth-order valence-corrected chi connectivity index (χ4v) is 1.64. The number of carbonyl (C=O) groups excluding carboxylic acids is 2. The van der Waals surface area contributed by atoms with E-state index in [1.54, 1.807) is 28.9 Å². The molecule has 0 aromatic carbocycles. The molecule has 0 amide bonds. The Balaban J connectivity index is 3.62. The number of alkyl halides is 2. The van der Waals surface area contributed by atoms with Gasteiger partial charge in [-0.05, 0) is 0 Å². The molecule has 0 rings (SSSR count). The Hall–Kier alpha value is 0.800. The lowest BCUT2D eigenvalue weighted by Gasteiger charge is -1.91. The van der Waals surface area contributed by atoms with Crippen molar-refractivity contribution in [2.24, 2.45) is 0 Å². The Bertz CT molecular complexity index is 102. The van der Waals surface area contributed by atoms with Crippen molar-refractivity contribution in [3.05, 3.63) is 0 Å². The van der Waals surface area contributed by atoms with Gasteiger partial charge in [-0.25, -0.2) is 0 Å². The van der Waals surface area contributed by atoms with Gasteiger partial charge in [-0.3, -0.25) is 9.59 Å². The highest BCUT2D eigenvalue weighted by atomic mass is 127. The highest BCUT2D eigenvalue weighted by molar-refractivity contribution is 14.1. The van der Waals surface area contributed by atoms with Crippen molar-refractivity contribution in [2.45, 2.75) is 3.92 Å². The molecule has 0 aliphatic rings. The quantitative estimate of drug-likeness (QED) is 0.436. The molecule has 0 saturated heterocycles. The Labute approximate surface area is 74.7 Å². The molecule has 0 spiro atoms. The number of rotatable bonds is 3. The average Bonchev–Trinajstić information content (AvgIpc) is 1.84. The zero-order valence-electron chi connectivity index (χ0n) is 3.86. The van der Waals surface area contributed by atoms with Crippen LogP contribution in [0.5, 0.6) is 0 Å². The van der Waals surface area contributed by atoms with Crippen LogP contribution in [0.15, 0.2) is 0 Å². The summed E-state index contributed by atoms with van der Waals surface area (Å²) >= 11 is 3.67. The van der Waals surface area contributed by atoms with E-state index in [4.69, 9.17) is 0 Å². The first-order valence-electron chi connectivity index (χ1n) is 1.82. The predicted octanol–water partition coefficient (Wildman–Crippen LogP) is 0.904. The van der Waals surface area contributed by atoms with Crippen molar-refractivity contribution in [2.75, 3.05) is 4.43 Å². The molecule has 0 saturated carbocycles. The first-order valence-corrected chi connectivity index (χ1v) is 4.60. The summed E-state index contributed by atoms with van der Waals surface area (Å²) in [6.07, 6.45) is 1.60. The number of ketones is 1. The number of halogens is 2. The molecule has 0 fully saturated rings. The second-order valence-electron chi connectivity index (χ2n) is 1.08. The lowest BCUT2D eigenvalue weighted by Crippen LogP contribution is -2.15. The van der Waals surface area contributed by atoms with Crippen molar-refractivity contribution in [1.29, 1.82) is 0 Å². The van der Waals surface area contributed by atoms with Crippen molar-refractivity contribution >= 4 is 57.3 Å². The zero-order chi connectivity index (χ0) is 6.57. The van der Waals surface area contributed by atoms with Crippen LogP contribution in [0.3, 0.4) is 0 Å². The van der Waals surface area contributed by atoms with E-state index >= 15 is 0 Å². The summed E-state index contributed by atoms with van der Waals surface area (Å²) in [5.74, 6) is -0.0683. The molecule has 8 heavy (non-hydrogen) atoms. The number of hydrogen-bond donors (Lipinski definition) is 0. The maximum Gasteiger partial charge on any atom is 0.220 e. The van der Waals surface area contributed by atoms with Gasteiger partial charge in [0, 0.05) is 0 Å². The SMILES string of the molecule is O=[C]C(I)C(=O)CI. The molecule has 0 aliphatic heterocycles. The molecular weight excluding hydrogens is 334 g/mol. The fraction of sp³-hybridized carbons (Fsp3) is 0.500. The lowest BCUT2D eigenvalue weighted by molar-refractivity contribution is -0.114. The van der Waals surface area contributed by atoms with Crippen LogP contribution in [0.25, 0.3) is 0 Å². The topological polar surface area (TPSA) is 34.1 Å². The van der Waals surface area contributed by atoms with E-state index in [9.17, 15) is 9.59 Å². The maximum absolute atomic E-state index is 10.5. The van der Waals surface area contributed by atoms with E-state index < -0.39 is 3.92 Å². The van der Waals surface area contributed by atoms with E-state index in [0.29, 0.717) is 4.43 Å². The standard InChI is InChI=1S/C4H3I2O2/c5-1-4(8)3(6)2-7/h3H,1H2. The molecule has 2 nitrogen and oxygen atoms in total. The minimum Gasteiger partial charge on any atom is -0.297 e. The second-order valence-corrected chi connectivity index (χ2v) is 3.09. The van der Waals surface area contributed by atoms with Gasteiger partial charge in [0.25, 0.3) is 0 Å². The van der Waals surface area contributed by atoms with E-state index in [1.807, 2.05) is 22.6 Å². The normalized spacial score (nSPS) is 12.8. The van der Waals surface area contributed by atoms with Crippen molar-refractivity contribution in [3.8, 4) is 0 Å². The summed E-state index contributed by atoms with van der Waals surface area (Å²) in [7, 11) is 0. The molecule has 4 heteroatoms. The molecule has 1 atom stereocenters. The van der Waals surface area contributed by atoms with Crippen molar-refractivity contribution in [3.63, 3.8) is 0 Å². The van der Waals surface area contributed by atoms with E-state index in [-0.39, 0.29) is 5.78 Å². The van der Waals surface area contributed by atoms with Crippen LogP contribution in [0.4, 0.5) is 0 Å². The molecule has 0 N–H and O–H groups in total. The lowest BCUT2D eigenvalue weighted by atomic mass is 10.3. The van der Waals surface area contributed by atoms with Crippen LogP contribution >= 0.6 is 45.2 Å². The molecule has 0 bridgehead atoms. The number of carbonyl (C=O) groups is 1. The molecule has 1 unspecified atom stereocenters. The summed E-state index contributed by atoms with van der Waals surface area (Å²) in [6.45, 7) is 0.